The molecule has 230 valence electrons. The standard InChI is InChI=1S/C33H38FNO8/c1-17-21-8-9-22-31-16-42-33(41,26(38)24(31)30(2,3)13-10-23(31)36)32(22,25(17)37)27(21)43-29(40)19-11-14-35(15-12-19)28(39)18-4-6-20(34)7-5-18/h4-7,19,21-22,24,26-27,38,41H,1,8-16H2,2-3H3/t21-,22-,24+,26-,27+,31+,32-,33+/m0/s1. The summed E-state index contributed by atoms with van der Waals surface area (Å²) in [6.07, 6.45) is -0.260. The number of ether oxygens (including phenoxy) is 2. The molecule has 7 fully saturated rings. The van der Waals surface area contributed by atoms with Crippen LogP contribution in [-0.4, -0.2) is 76.2 Å². The molecule has 4 saturated carbocycles. The van der Waals surface area contributed by atoms with E-state index in [9.17, 15) is 33.8 Å². The van der Waals surface area contributed by atoms with Crippen molar-refractivity contribution in [3.8, 4) is 0 Å². The molecule has 1 aromatic carbocycles. The van der Waals surface area contributed by atoms with E-state index >= 15 is 0 Å². The second-order valence-corrected chi connectivity index (χ2v) is 14.3. The van der Waals surface area contributed by atoms with Crippen LogP contribution in [0, 0.1) is 45.7 Å². The fraction of sp³-hybridized carbons (Fsp3) is 0.636. The predicted octanol–water partition coefficient (Wildman–Crippen LogP) is 2.83. The van der Waals surface area contributed by atoms with Gasteiger partial charge in [-0.15, -0.1) is 0 Å². The van der Waals surface area contributed by atoms with Crippen LogP contribution in [0.4, 0.5) is 4.39 Å². The molecule has 3 saturated heterocycles. The first kappa shape index (κ1) is 28.8. The van der Waals surface area contributed by atoms with Crippen LogP contribution in [0.5, 0.6) is 0 Å². The number of halogens is 1. The van der Waals surface area contributed by atoms with Gasteiger partial charge in [-0.25, -0.2) is 4.39 Å². The number of hydrogen-bond donors (Lipinski definition) is 2. The van der Waals surface area contributed by atoms with E-state index in [1.807, 2.05) is 13.8 Å². The third-order valence-corrected chi connectivity index (χ3v) is 12.1. The monoisotopic (exact) mass is 595 g/mol. The highest BCUT2D eigenvalue weighted by atomic mass is 19.1. The van der Waals surface area contributed by atoms with E-state index in [1.54, 1.807) is 4.90 Å². The van der Waals surface area contributed by atoms with Crippen LogP contribution in [0.3, 0.4) is 0 Å². The van der Waals surface area contributed by atoms with Crippen LogP contribution >= 0.6 is 0 Å². The maximum Gasteiger partial charge on any atom is 0.309 e. The number of carbonyl (C=O) groups is 4. The molecule has 7 aliphatic rings. The van der Waals surface area contributed by atoms with Gasteiger partial charge in [0, 0.05) is 36.9 Å². The maximum atomic E-state index is 14.2. The van der Waals surface area contributed by atoms with E-state index in [4.69, 9.17) is 9.47 Å². The fourth-order valence-electron chi connectivity index (χ4n) is 10.1. The number of rotatable bonds is 3. The Morgan fingerprint density at radius 2 is 1.77 bits per heavy atom. The van der Waals surface area contributed by atoms with E-state index in [2.05, 4.69) is 6.58 Å². The molecule has 1 aromatic rings. The minimum absolute atomic E-state index is 0.0750. The Labute approximate surface area is 249 Å². The largest absolute Gasteiger partial charge is 0.460 e. The number of piperidine rings is 1. The summed E-state index contributed by atoms with van der Waals surface area (Å²) in [4.78, 5) is 56.4. The Morgan fingerprint density at radius 3 is 2.44 bits per heavy atom. The van der Waals surface area contributed by atoms with Crippen molar-refractivity contribution < 1.29 is 43.3 Å². The minimum atomic E-state index is -2.34. The molecule has 4 aliphatic carbocycles. The van der Waals surface area contributed by atoms with Gasteiger partial charge in [-0.1, -0.05) is 20.4 Å². The molecule has 2 spiro atoms. The smallest absolute Gasteiger partial charge is 0.309 e. The van der Waals surface area contributed by atoms with Gasteiger partial charge in [-0.05, 0) is 73.3 Å². The highest BCUT2D eigenvalue weighted by Crippen LogP contribution is 2.76. The number of aliphatic hydroxyl groups is 2. The van der Waals surface area contributed by atoms with Gasteiger partial charge in [0.1, 0.15) is 29.2 Å². The highest BCUT2D eigenvalue weighted by molar-refractivity contribution is 6.06. The number of amides is 1. The van der Waals surface area contributed by atoms with Crippen LogP contribution in [0.15, 0.2) is 36.4 Å². The number of ketones is 2. The van der Waals surface area contributed by atoms with E-state index in [0.717, 1.165) is 0 Å². The molecule has 0 radical (unpaired) electrons. The second-order valence-electron chi connectivity index (χ2n) is 14.3. The van der Waals surface area contributed by atoms with Crippen LogP contribution in [0.2, 0.25) is 0 Å². The number of nitrogens with zero attached hydrogens (tertiary/aromatic N) is 1. The number of hydrogen-bond acceptors (Lipinski definition) is 8. The molecular formula is C33H38FNO8. The summed E-state index contributed by atoms with van der Waals surface area (Å²) in [5.74, 6) is -6.54. The SMILES string of the molecule is C=C1C(=O)[C@]23[C@H](OC(=O)C4CCN(C(=O)c5ccc(F)cc5)CC4)[C@H]1CC[C@H]2[C@@]12CO[C@]3(O)[C@@H](O)[C@@H]1C(C)(C)CCC2=O. The van der Waals surface area contributed by atoms with E-state index in [-0.39, 0.29) is 30.3 Å². The van der Waals surface area contributed by atoms with Gasteiger partial charge < -0.3 is 24.6 Å². The number of benzene rings is 1. The van der Waals surface area contributed by atoms with Gasteiger partial charge in [0.25, 0.3) is 5.91 Å². The lowest BCUT2D eigenvalue weighted by molar-refractivity contribution is -0.437. The number of esters is 1. The molecule has 9 nitrogen and oxygen atoms in total. The second kappa shape index (κ2) is 9.28. The summed E-state index contributed by atoms with van der Waals surface area (Å²) in [5, 5.41) is 24.2. The molecule has 1 amide bonds. The summed E-state index contributed by atoms with van der Waals surface area (Å²) in [5.41, 5.74) is -2.92. The molecule has 8 atom stereocenters. The zero-order valence-corrected chi connectivity index (χ0v) is 24.5. The van der Waals surface area contributed by atoms with Gasteiger partial charge >= 0.3 is 5.97 Å². The van der Waals surface area contributed by atoms with Crippen molar-refractivity contribution in [1.29, 1.82) is 0 Å². The normalized spacial score (nSPS) is 41.6. The molecule has 3 heterocycles. The summed E-state index contributed by atoms with van der Waals surface area (Å²) in [7, 11) is 0. The molecule has 3 aliphatic heterocycles. The van der Waals surface area contributed by atoms with Crippen molar-refractivity contribution >= 4 is 23.4 Å². The molecule has 4 bridgehead atoms. The summed E-state index contributed by atoms with van der Waals surface area (Å²) >= 11 is 0. The molecule has 10 heteroatoms. The Balaban J connectivity index is 1.18. The molecule has 0 unspecified atom stereocenters. The fourth-order valence-corrected chi connectivity index (χ4v) is 10.1. The summed E-state index contributed by atoms with van der Waals surface area (Å²) in [6.45, 7) is 8.51. The molecule has 0 aromatic heterocycles. The minimum Gasteiger partial charge on any atom is -0.460 e. The van der Waals surface area contributed by atoms with Gasteiger partial charge in [-0.2, -0.15) is 0 Å². The first-order valence-corrected chi connectivity index (χ1v) is 15.4. The van der Waals surface area contributed by atoms with Crippen molar-refractivity contribution in [2.24, 2.45) is 39.9 Å². The van der Waals surface area contributed by atoms with Crippen LogP contribution in [0.25, 0.3) is 0 Å². The third-order valence-electron chi connectivity index (χ3n) is 12.1. The van der Waals surface area contributed by atoms with Gasteiger partial charge in [0.15, 0.2) is 5.78 Å². The lowest BCUT2D eigenvalue weighted by atomic mass is 9.36. The summed E-state index contributed by atoms with van der Waals surface area (Å²) < 4.78 is 25.5. The Bertz CT molecular complexity index is 1430. The number of Topliss-reactive ketones (excluding diaryl/α,β-unsaturated/α-hetero) is 2. The Hall–Kier alpha value is -2.95. The van der Waals surface area contributed by atoms with Gasteiger partial charge in [0.05, 0.1) is 17.9 Å². The number of carbonyl (C=O) groups excluding carboxylic acids is 4. The zero-order chi connectivity index (χ0) is 30.7. The van der Waals surface area contributed by atoms with Crippen LogP contribution in [-0.2, 0) is 23.9 Å². The molecule has 2 N–H and O–H groups in total. The highest BCUT2D eigenvalue weighted by Gasteiger charge is 2.88. The average Bonchev–Trinajstić information content (AvgIpc) is 3.10. The predicted molar refractivity (Wildman–Crippen MR) is 149 cm³/mol. The number of fused-ring (bicyclic) bond motifs is 2. The third kappa shape index (κ3) is 3.48. The van der Waals surface area contributed by atoms with Crippen molar-refractivity contribution in [2.45, 2.75) is 70.4 Å². The zero-order valence-electron chi connectivity index (χ0n) is 24.5. The van der Waals surface area contributed by atoms with E-state index in [0.29, 0.717) is 50.8 Å². The van der Waals surface area contributed by atoms with Crippen molar-refractivity contribution in [3.63, 3.8) is 0 Å². The molecular weight excluding hydrogens is 557 g/mol. The van der Waals surface area contributed by atoms with Crippen LogP contribution < -0.4 is 0 Å². The lowest BCUT2D eigenvalue weighted by Gasteiger charge is -2.73. The maximum absolute atomic E-state index is 14.2. The van der Waals surface area contributed by atoms with Crippen molar-refractivity contribution in [3.05, 3.63) is 47.8 Å². The lowest BCUT2D eigenvalue weighted by Crippen LogP contribution is -2.85. The first-order valence-electron chi connectivity index (χ1n) is 15.4. The van der Waals surface area contributed by atoms with E-state index in [1.165, 1.54) is 24.3 Å². The number of likely N-dealkylation sites (tertiary alicyclic amines) is 1. The van der Waals surface area contributed by atoms with Gasteiger partial charge in [-0.3, -0.25) is 19.2 Å². The van der Waals surface area contributed by atoms with Crippen molar-refractivity contribution in [2.75, 3.05) is 19.7 Å². The number of aliphatic hydroxyl groups excluding tert-OH is 1. The van der Waals surface area contributed by atoms with Crippen LogP contribution in [0.1, 0.15) is 62.7 Å². The average molecular weight is 596 g/mol. The topological polar surface area (TPSA) is 130 Å². The van der Waals surface area contributed by atoms with Crippen molar-refractivity contribution in [1.82, 2.24) is 4.90 Å². The summed E-state index contributed by atoms with van der Waals surface area (Å²) in [6, 6.07) is 5.32. The Morgan fingerprint density at radius 1 is 1.09 bits per heavy atom. The van der Waals surface area contributed by atoms with E-state index < -0.39 is 75.5 Å². The molecule has 8 rings (SSSR count). The quantitative estimate of drug-likeness (QED) is 0.403. The Kier molecular flexibility index (Phi) is 6.22. The first-order chi connectivity index (χ1) is 20.3. The molecule has 43 heavy (non-hydrogen) atoms. The van der Waals surface area contributed by atoms with Gasteiger partial charge in [0.2, 0.25) is 5.79 Å².